The molecule has 0 aliphatic carbocycles. The number of benzene rings is 4. The highest BCUT2D eigenvalue weighted by Gasteiger charge is 2.36. The van der Waals surface area contributed by atoms with Crippen molar-refractivity contribution in [1.29, 1.82) is 0 Å². The number of para-hydroxylation sites is 1. The van der Waals surface area contributed by atoms with Crippen LogP contribution in [0, 0.1) is 5.92 Å². The van der Waals surface area contributed by atoms with Crippen LogP contribution in [0.25, 0.3) is 11.1 Å². The summed E-state index contributed by atoms with van der Waals surface area (Å²) in [5.74, 6) is 1.31. The summed E-state index contributed by atoms with van der Waals surface area (Å²) in [7, 11) is 1.64. The van der Waals surface area contributed by atoms with Crippen LogP contribution in [0.15, 0.2) is 78.9 Å². The number of carbonyl (C=O) groups excluding carboxylic acids is 1. The highest BCUT2D eigenvalue weighted by Crippen LogP contribution is 2.47. The summed E-state index contributed by atoms with van der Waals surface area (Å²) in [5, 5.41) is 1.50. The lowest BCUT2D eigenvalue weighted by atomic mass is 9.85. The molecule has 2 aliphatic heterocycles. The topological polar surface area (TPSA) is 36.0 Å². The summed E-state index contributed by atoms with van der Waals surface area (Å²) in [6.07, 6.45) is 3.17. The van der Waals surface area contributed by atoms with Crippen molar-refractivity contribution in [3.63, 3.8) is 0 Å². The number of urea groups is 1. The van der Waals surface area contributed by atoms with Crippen LogP contribution in [0.5, 0.6) is 5.75 Å². The minimum atomic E-state index is -0.181. The Morgan fingerprint density at radius 1 is 0.804 bits per heavy atom. The molecule has 0 spiro atoms. The number of amides is 2. The Morgan fingerprint density at radius 2 is 1.46 bits per heavy atom. The van der Waals surface area contributed by atoms with Crippen molar-refractivity contribution in [2.24, 2.45) is 5.92 Å². The van der Waals surface area contributed by atoms with Gasteiger partial charge in [0.25, 0.3) is 0 Å². The fraction of sp³-hybridized carbons (Fsp3) is 0.342. The van der Waals surface area contributed by atoms with Crippen LogP contribution in [-0.2, 0) is 19.5 Å². The maximum Gasteiger partial charge on any atom is 0.329 e. The first-order valence-electron chi connectivity index (χ1n) is 15.8. The van der Waals surface area contributed by atoms with Crippen molar-refractivity contribution in [1.82, 2.24) is 9.80 Å². The summed E-state index contributed by atoms with van der Waals surface area (Å²) in [4.78, 5) is 20.7. The van der Waals surface area contributed by atoms with Gasteiger partial charge in [0, 0.05) is 28.2 Å². The van der Waals surface area contributed by atoms with E-state index in [2.05, 4.69) is 43.9 Å². The average Bonchev–Trinajstić information content (AvgIpc) is 3.03. The number of fused-ring (bicyclic) bond motifs is 1. The number of rotatable bonds is 7. The van der Waals surface area contributed by atoms with E-state index in [0.717, 1.165) is 66.0 Å². The fourth-order valence-electron chi connectivity index (χ4n) is 6.76. The maximum absolute atomic E-state index is 14.5. The highest BCUT2D eigenvalue weighted by molar-refractivity contribution is 6.40. The average molecular weight is 677 g/mol. The first-order valence-corrected chi connectivity index (χ1v) is 17.0. The lowest BCUT2D eigenvalue weighted by molar-refractivity contribution is 0.0876. The number of carbonyl (C=O) groups is 1. The minimum Gasteiger partial charge on any atom is -0.497 e. The van der Waals surface area contributed by atoms with Gasteiger partial charge in [-0.15, -0.1) is 0 Å². The van der Waals surface area contributed by atoms with Crippen LogP contribution in [0.3, 0.4) is 0 Å². The Hall–Kier alpha value is -3.22. The first-order chi connectivity index (χ1) is 22.0. The van der Waals surface area contributed by atoms with Gasteiger partial charge in [-0.2, -0.15) is 0 Å². The first kappa shape index (κ1) is 32.7. The number of anilines is 2. The molecule has 4 aromatic carbocycles. The third-order valence-corrected chi connectivity index (χ3v) is 10.2. The predicted molar refractivity (Wildman–Crippen MR) is 191 cm³/mol. The van der Waals surface area contributed by atoms with Crippen LogP contribution in [0.2, 0.25) is 15.1 Å². The molecule has 0 N–H and O–H groups in total. The van der Waals surface area contributed by atoms with E-state index >= 15 is 0 Å². The molecule has 5 nitrogen and oxygen atoms in total. The summed E-state index contributed by atoms with van der Waals surface area (Å²) in [5.41, 5.74) is 6.57. The van der Waals surface area contributed by atoms with Crippen LogP contribution >= 0.6 is 34.8 Å². The molecular formula is C38H40Cl3N3O2. The van der Waals surface area contributed by atoms with Gasteiger partial charge < -0.3 is 9.64 Å². The van der Waals surface area contributed by atoms with E-state index in [1.807, 2.05) is 47.4 Å². The largest absolute Gasteiger partial charge is 0.497 e. The monoisotopic (exact) mass is 675 g/mol. The molecular weight excluding hydrogens is 637 g/mol. The molecule has 46 heavy (non-hydrogen) atoms. The molecule has 8 heteroatoms. The van der Waals surface area contributed by atoms with Gasteiger partial charge >= 0.3 is 6.03 Å². The molecule has 0 atom stereocenters. The molecule has 240 valence electrons. The van der Waals surface area contributed by atoms with Crippen LogP contribution in [0.4, 0.5) is 16.2 Å². The van der Waals surface area contributed by atoms with Gasteiger partial charge in [0.2, 0.25) is 0 Å². The van der Waals surface area contributed by atoms with E-state index in [4.69, 9.17) is 39.5 Å². The number of ether oxygens (including phenoxy) is 1. The van der Waals surface area contributed by atoms with E-state index in [-0.39, 0.29) is 11.6 Å². The predicted octanol–water partition coefficient (Wildman–Crippen LogP) is 10.6. The van der Waals surface area contributed by atoms with E-state index in [0.29, 0.717) is 39.8 Å². The van der Waals surface area contributed by atoms with Crippen molar-refractivity contribution in [3.05, 3.63) is 111 Å². The third-order valence-electron chi connectivity index (χ3n) is 9.28. The van der Waals surface area contributed by atoms with Crippen LogP contribution in [0.1, 0.15) is 50.3 Å². The summed E-state index contributed by atoms with van der Waals surface area (Å²) >= 11 is 20.5. The molecule has 4 aromatic rings. The van der Waals surface area contributed by atoms with E-state index in [1.165, 1.54) is 5.56 Å². The number of hydrogen-bond donors (Lipinski definition) is 0. The number of piperidine rings is 1. The van der Waals surface area contributed by atoms with Gasteiger partial charge in [0.05, 0.1) is 35.1 Å². The Labute approximate surface area is 287 Å². The quantitative estimate of drug-likeness (QED) is 0.195. The van der Waals surface area contributed by atoms with E-state index < -0.39 is 0 Å². The smallest absolute Gasteiger partial charge is 0.329 e. The van der Waals surface area contributed by atoms with Gasteiger partial charge in [-0.25, -0.2) is 4.79 Å². The number of likely N-dealkylation sites (tertiary alicyclic amines) is 1. The Bertz CT molecular complexity index is 1710. The van der Waals surface area contributed by atoms with Crippen molar-refractivity contribution in [3.8, 4) is 16.9 Å². The Balaban J connectivity index is 1.47. The molecule has 0 saturated carbocycles. The lowest BCUT2D eigenvalue weighted by Gasteiger charge is -2.41. The lowest BCUT2D eigenvalue weighted by Crippen LogP contribution is -2.46. The van der Waals surface area contributed by atoms with Crippen LogP contribution < -0.4 is 9.64 Å². The van der Waals surface area contributed by atoms with Crippen molar-refractivity contribution in [2.75, 3.05) is 25.1 Å². The summed E-state index contributed by atoms with van der Waals surface area (Å²) in [6.45, 7) is 9.83. The molecule has 2 heterocycles. The van der Waals surface area contributed by atoms with E-state index in [9.17, 15) is 4.79 Å². The van der Waals surface area contributed by atoms with E-state index in [1.54, 1.807) is 30.2 Å². The van der Waals surface area contributed by atoms with Crippen molar-refractivity contribution < 1.29 is 9.53 Å². The number of methoxy groups -OCH3 is 1. The SMILES string of the molecule is COc1ccc(CN2Cc3c(-c4ccccc4Cl)cc(CC4CCN(C(C)(C)C)CC4)cc3N(c3c(Cl)cccc3Cl)C2=O)cc1. The number of hydrogen-bond acceptors (Lipinski definition) is 3. The highest BCUT2D eigenvalue weighted by atomic mass is 35.5. The van der Waals surface area contributed by atoms with Gasteiger partial charge in [-0.3, -0.25) is 9.80 Å². The van der Waals surface area contributed by atoms with Crippen molar-refractivity contribution in [2.45, 2.75) is 58.7 Å². The van der Waals surface area contributed by atoms with Gasteiger partial charge in [0.15, 0.2) is 0 Å². The third kappa shape index (κ3) is 6.75. The molecule has 0 aromatic heterocycles. The molecule has 0 radical (unpaired) electrons. The molecule has 2 amide bonds. The molecule has 2 aliphatic rings. The van der Waals surface area contributed by atoms with Gasteiger partial charge in [-0.05, 0) is 112 Å². The Morgan fingerprint density at radius 3 is 2.09 bits per heavy atom. The second-order valence-electron chi connectivity index (χ2n) is 13.3. The zero-order chi connectivity index (χ0) is 32.6. The zero-order valence-electron chi connectivity index (χ0n) is 26.8. The maximum atomic E-state index is 14.5. The molecule has 0 bridgehead atoms. The number of nitrogens with zero attached hydrogens (tertiary/aromatic N) is 3. The van der Waals surface area contributed by atoms with Gasteiger partial charge in [0.1, 0.15) is 5.75 Å². The molecule has 0 unspecified atom stereocenters. The van der Waals surface area contributed by atoms with Crippen molar-refractivity contribution >= 4 is 52.2 Å². The Kier molecular flexibility index (Phi) is 9.59. The second kappa shape index (κ2) is 13.5. The molecule has 1 fully saturated rings. The van der Waals surface area contributed by atoms with Gasteiger partial charge in [-0.1, -0.05) is 77.3 Å². The van der Waals surface area contributed by atoms with Crippen LogP contribution in [-0.4, -0.2) is 41.6 Å². The normalized spacial score (nSPS) is 16.1. The molecule has 1 saturated heterocycles. The zero-order valence-corrected chi connectivity index (χ0v) is 29.1. The minimum absolute atomic E-state index is 0.167. The second-order valence-corrected chi connectivity index (χ2v) is 14.5. The summed E-state index contributed by atoms with van der Waals surface area (Å²) < 4.78 is 5.36. The standard InChI is InChI=1S/C38H40Cl3N3O2/c1-38(2,3)43-18-16-25(17-19-43)20-27-21-30(29-8-5-6-9-32(29)39)31-24-42(23-26-12-14-28(46-4)15-13-26)37(45)44(35(31)22-27)36-33(40)10-7-11-34(36)41/h5-15,21-22,25H,16-20,23-24H2,1-4H3. The summed E-state index contributed by atoms with van der Waals surface area (Å²) in [6, 6.07) is 25.3. The fourth-order valence-corrected chi connectivity index (χ4v) is 7.56. The number of halogens is 3. The molecule has 6 rings (SSSR count).